The molecule has 0 aromatic carbocycles. The van der Waals surface area contributed by atoms with Crippen LogP contribution in [0.3, 0.4) is 0 Å². The lowest BCUT2D eigenvalue weighted by atomic mass is 9.84. The van der Waals surface area contributed by atoms with Gasteiger partial charge < -0.3 is 64.7 Å². The number of hydrogen-bond donors (Lipinski definition) is 9. The van der Waals surface area contributed by atoms with Crippen LogP contribution in [0.4, 0.5) is 0 Å². The Hall–Kier alpha value is -2.13. The minimum atomic E-state index is -5.38. The van der Waals surface area contributed by atoms with Gasteiger partial charge in [0.2, 0.25) is 0 Å². The predicted octanol–water partition coefficient (Wildman–Crippen LogP) is 5.66. The van der Waals surface area contributed by atoms with E-state index in [-0.39, 0.29) is 12.8 Å². The van der Waals surface area contributed by atoms with Crippen LogP contribution in [0, 0.1) is 0 Å². The van der Waals surface area contributed by atoms with E-state index in [1.54, 1.807) is 0 Å². The van der Waals surface area contributed by atoms with E-state index in [1.807, 2.05) is 0 Å². The average molecular weight is 995 g/mol. The Labute approximate surface area is 404 Å². The summed E-state index contributed by atoms with van der Waals surface area (Å²) in [5.41, 5.74) is 0. The highest BCUT2D eigenvalue weighted by molar-refractivity contribution is 7.47. The molecule has 9 N–H and O–H groups in total. The van der Waals surface area contributed by atoms with Gasteiger partial charge in [0, 0.05) is 12.8 Å². The molecule has 18 nitrogen and oxygen atoms in total. The second kappa shape index (κ2) is 36.7. The molecule has 2 rings (SSSR count). The van der Waals surface area contributed by atoms with Crippen molar-refractivity contribution in [3.63, 3.8) is 0 Å². The average Bonchev–Trinajstić information content (AvgIpc) is 3.32. The first kappa shape index (κ1) is 62.0. The number of rotatable bonds is 38. The minimum absolute atomic E-state index is 0.0139. The Bertz CT molecular complexity index is 1460. The minimum Gasteiger partial charge on any atom is -0.462 e. The molecule has 0 amide bonds. The van der Waals surface area contributed by atoms with Crippen molar-refractivity contribution >= 4 is 19.8 Å². The van der Waals surface area contributed by atoms with E-state index in [2.05, 4.69) is 50.3 Å². The highest BCUT2D eigenvalue weighted by atomic mass is 31.2. The number of aliphatic hydroxyl groups is 8. The lowest BCUT2D eigenvalue weighted by Gasteiger charge is -2.47. The van der Waals surface area contributed by atoms with E-state index >= 15 is 0 Å². The zero-order valence-electron chi connectivity index (χ0n) is 40.6. The molecule has 68 heavy (non-hydrogen) atoms. The number of esters is 2. The molecule has 19 heteroatoms. The fourth-order valence-corrected chi connectivity index (χ4v) is 8.82. The molecular weight excluding hydrogens is 907 g/mol. The van der Waals surface area contributed by atoms with E-state index in [1.165, 1.54) is 38.5 Å². The summed E-state index contributed by atoms with van der Waals surface area (Å²) >= 11 is 0. The first-order valence-electron chi connectivity index (χ1n) is 25.3. The van der Waals surface area contributed by atoms with Gasteiger partial charge in [-0.2, -0.15) is 0 Å². The third-order valence-corrected chi connectivity index (χ3v) is 13.0. The van der Waals surface area contributed by atoms with Crippen LogP contribution in [0.2, 0.25) is 0 Å². The Morgan fingerprint density at radius 1 is 0.559 bits per heavy atom. The molecule has 6 unspecified atom stereocenters. The number of carbonyl (C=O) groups is 2. The Morgan fingerprint density at radius 2 is 1.04 bits per heavy atom. The number of hydrogen-bond acceptors (Lipinski definition) is 17. The predicted molar refractivity (Wildman–Crippen MR) is 254 cm³/mol. The van der Waals surface area contributed by atoms with Gasteiger partial charge in [-0.05, 0) is 64.2 Å². The second-order valence-electron chi connectivity index (χ2n) is 18.0. The van der Waals surface area contributed by atoms with Gasteiger partial charge in [-0.25, -0.2) is 4.57 Å². The Morgan fingerprint density at radius 3 is 1.60 bits per heavy atom. The summed E-state index contributed by atoms with van der Waals surface area (Å²) in [5, 5.41) is 82.9. The van der Waals surface area contributed by atoms with E-state index in [0.29, 0.717) is 12.8 Å². The number of phosphoric ester groups is 1. The SMILES string of the molecule is CCC/C=C\C/C=C\CCCCCCCC(=O)O[C@H](COC(=O)CCCCCCC/C=C\CCCCCCCC)COP(=O)(O)O[C@@H]1C(O)C(O)[C@@H](O)C(O)[C@H]1O[C@H]1OC(CO)[C@@H](O)C(O)[C@H]1O. The maximum absolute atomic E-state index is 13.4. The van der Waals surface area contributed by atoms with Crippen LogP contribution in [-0.4, -0.2) is 151 Å². The van der Waals surface area contributed by atoms with Gasteiger partial charge in [0.05, 0.1) is 13.2 Å². The van der Waals surface area contributed by atoms with E-state index in [0.717, 1.165) is 89.9 Å². The molecule has 1 saturated carbocycles. The maximum Gasteiger partial charge on any atom is 0.472 e. The molecule has 1 aliphatic heterocycles. The van der Waals surface area contributed by atoms with Crippen molar-refractivity contribution in [2.75, 3.05) is 19.8 Å². The summed E-state index contributed by atoms with van der Waals surface area (Å²) in [5.74, 6) is -1.24. The fraction of sp³-hybridized carbons (Fsp3) is 0.837. The third kappa shape index (κ3) is 25.3. The molecule has 2 aliphatic rings. The summed E-state index contributed by atoms with van der Waals surface area (Å²) in [4.78, 5) is 36.5. The quantitative estimate of drug-likeness (QED) is 0.0156. The molecule has 0 spiro atoms. The van der Waals surface area contributed by atoms with E-state index < -0.39 is 113 Å². The second-order valence-corrected chi connectivity index (χ2v) is 19.4. The number of ether oxygens (including phenoxy) is 4. The van der Waals surface area contributed by atoms with Crippen LogP contribution >= 0.6 is 7.82 Å². The molecule has 0 radical (unpaired) electrons. The van der Waals surface area contributed by atoms with Crippen LogP contribution in [0.1, 0.15) is 168 Å². The fourth-order valence-electron chi connectivity index (χ4n) is 7.85. The largest absolute Gasteiger partial charge is 0.472 e. The summed E-state index contributed by atoms with van der Waals surface area (Å²) in [7, 11) is -5.38. The van der Waals surface area contributed by atoms with Crippen molar-refractivity contribution in [1.82, 2.24) is 0 Å². The zero-order valence-corrected chi connectivity index (χ0v) is 41.5. The van der Waals surface area contributed by atoms with Crippen molar-refractivity contribution < 1.29 is 87.9 Å². The summed E-state index contributed by atoms with van der Waals surface area (Å²) in [6, 6.07) is 0. The van der Waals surface area contributed by atoms with Crippen LogP contribution in [0.25, 0.3) is 0 Å². The molecular formula is C49H87O18P. The Kier molecular flexibility index (Phi) is 33.5. The van der Waals surface area contributed by atoms with Crippen molar-refractivity contribution in [2.24, 2.45) is 0 Å². The molecule has 0 bridgehead atoms. The maximum atomic E-state index is 13.4. The summed E-state index contributed by atoms with van der Waals surface area (Å²) in [6.07, 6.45) is 12.3. The standard InChI is InChI=1S/C49H87O18P/c1-3-5-7-9-11-13-15-17-18-20-21-23-25-27-29-31-38(51)62-34-36(64-39(52)32-30-28-26-24-22-19-16-14-12-10-8-6-4-2)35-63-68(60,61)67-48-45(58)43(56)42(55)44(57)47(48)66-49-46(59)41(54)40(53)37(33-50)65-49/h8,10,14,16-18,36-37,40-50,53-59H,3-7,9,11-13,15,19-35H2,1-2H3,(H,60,61)/b10-8-,16-14-,18-17-/t36-,37?,40-,41?,42-,43?,44?,45?,46-,47-,48-,49-/m1/s1. The number of allylic oxidation sites excluding steroid dienone is 6. The van der Waals surface area contributed by atoms with E-state index in [4.69, 9.17) is 28.0 Å². The molecule has 1 aliphatic carbocycles. The van der Waals surface area contributed by atoms with Gasteiger partial charge in [-0.15, -0.1) is 0 Å². The molecule has 13 atom stereocenters. The van der Waals surface area contributed by atoms with Gasteiger partial charge in [-0.3, -0.25) is 18.6 Å². The lowest BCUT2D eigenvalue weighted by molar-refractivity contribution is -0.338. The van der Waals surface area contributed by atoms with E-state index in [9.17, 15) is 59.9 Å². The van der Waals surface area contributed by atoms with Gasteiger partial charge in [0.1, 0.15) is 67.6 Å². The highest BCUT2D eigenvalue weighted by Crippen LogP contribution is 2.48. The number of carbonyl (C=O) groups excluding carboxylic acids is 2. The normalized spacial score (nSPS) is 28.1. The van der Waals surface area contributed by atoms with Gasteiger partial charge in [0.25, 0.3) is 0 Å². The number of unbranched alkanes of at least 4 members (excludes halogenated alkanes) is 17. The molecule has 1 heterocycles. The lowest BCUT2D eigenvalue weighted by Crippen LogP contribution is -2.67. The first-order valence-corrected chi connectivity index (χ1v) is 26.8. The van der Waals surface area contributed by atoms with Crippen LogP contribution in [0.15, 0.2) is 36.5 Å². The number of aliphatic hydroxyl groups excluding tert-OH is 8. The van der Waals surface area contributed by atoms with Crippen LogP contribution < -0.4 is 0 Å². The Balaban J connectivity index is 1.96. The van der Waals surface area contributed by atoms with Gasteiger partial charge >= 0.3 is 19.8 Å². The molecule has 2 fully saturated rings. The van der Waals surface area contributed by atoms with Crippen molar-refractivity contribution in [2.45, 2.75) is 241 Å². The zero-order chi connectivity index (χ0) is 50.2. The monoisotopic (exact) mass is 995 g/mol. The van der Waals surface area contributed by atoms with Crippen LogP contribution in [0.5, 0.6) is 0 Å². The molecule has 0 aromatic heterocycles. The van der Waals surface area contributed by atoms with Gasteiger partial charge in [0.15, 0.2) is 12.4 Å². The topological polar surface area (TPSA) is 289 Å². The van der Waals surface area contributed by atoms with Gasteiger partial charge in [-0.1, -0.05) is 127 Å². The van der Waals surface area contributed by atoms with Crippen molar-refractivity contribution in [1.29, 1.82) is 0 Å². The third-order valence-electron chi connectivity index (χ3n) is 12.0. The molecule has 1 saturated heterocycles. The van der Waals surface area contributed by atoms with Crippen molar-refractivity contribution in [3.05, 3.63) is 36.5 Å². The molecule has 0 aromatic rings. The summed E-state index contributed by atoms with van der Waals surface area (Å²) < 4.78 is 45.4. The van der Waals surface area contributed by atoms with Crippen LogP contribution in [-0.2, 0) is 42.1 Å². The smallest absolute Gasteiger partial charge is 0.462 e. The van der Waals surface area contributed by atoms with Crippen molar-refractivity contribution in [3.8, 4) is 0 Å². The number of phosphoric acid groups is 1. The summed E-state index contributed by atoms with van der Waals surface area (Å²) in [6.45, 7) is 2.13. The first-order chi connectivity index (χ1) is 32.7. The highest BCUT2D eigenvalue weighted by Gasteiger charge is 2.55. The molecule has 396 valence electrons.